The number of aromatic nitrogens is 4. The third kappa shape index (κ3) is 2.65. The second kappa shape index (κ2) is 6.04. The molecule has 1 saturated heterocycles. The van der Waals surface area contributed by atoms with Gasteiger partial charge in [-0.05, 0) is 24.6 Å². The van der Waals surface area contributed by atoms with Crippen LogP contribution >= 0.6 is 0 Å². The average molecular weight is 328 g/mol. The van der Waals surface area contributed by atoms with Crippen molar-refractivity contribution in [2.45, 2.75) is 6.42 Å². The quantitative estimate of drug-likeness (QED) is 0.747. The number of nitrogens with two attached hydrogens (primary N) is 1. The van der Waals surface area contributed by atoms with E-state index in [1.165, 1.54) is 6.07 Å². The Kier molecular flexibility index (Phi) is 3.73. The summed E-state index contributed by atoms with van der Waals surface area (Å²) in [7, 11) is 0. The number of aromatic amines is 1. The van der Waals surface area contributed by atoms with Crippen LogP contribution in [0.2, 0.25) is 0 Å². The van der Waals surface area contributed by atoms with E-state index in [1.54, 1.807) is 18.3 Å². The fraction of sp³-hybridized carbons (Fsp3) is 0.312. The normalized spacial score (nSPS) is 15.6. The van der Waals surface area contributed by atoms with Crippen LogP contribution in [-0.2, 0) is 4.74 Å². The number of halogens is 1. The van der Waals surface area contributed by atoms with Gasteiger partial charge in [-0.2, -0.15) is 10.1 Å². The van der Waals surface area contributed by atoms with Crippen LogP contribution in [0.4, 0.5) is 16.2 Å². The first-order valence-electron chi connectivity index (χ1n) is 7.82. The van der Waals surface area contributed by atoms with Crippen LogP contribution in [0.3, 0.4) is 0 Å². The van der Waals surface area contributed by atoms with Gasteiger partial charge in [-0.15, -0.1) is 0 Å². The number of anilines is 2. The van der Waals surface area contributed by atoms with Crippen LogP contribution < -0.4 is 10.6 Å². The van der Waals surface area contributed by atoms with Crippen molar-refractivity contribution >= 4 is 22.7 Å². The van der Waals surface area contributed by atoms with Crippen LogP contribution in [0, 0.1) is 5.82 Å². The SMILES string of the molecule is Nc1nc(N2CCCOCC2)c2c(F)cc(-c3cc[nH]n3)cc2n1. The third-order valence-electron chi connectivity index (χ3n) is 4.07. The number of nitrogens with one attached hydrogen (secondary N) is 1. The first-order valence-corrected chi connectivity index (χ1v) is 7.82. The highest BCUT2D eigenvalue weighted by molar-refractivity contribution is 5.93. The maximum atomic E-state index is 14.9. The molecule has 8 heteroatoms. The minimum Gasteiger partial charge on any atom is -0.380 e. The number of hydrogen-bond acceptors (Lipinski definition) is 6. The Morgan fingerprint density at radius 3 is 2.96 bits per heavy atom. The number of ether oxygens (including phenoxy) is 1. The molecule has 7 nitrogen and oxygen atoms in total. The average Bonchev–Trinajstić information content (AvgIpc) is 2.96. The first kappa shape index (κ1) is 14.8. The van der Waals surface area contributed by atoms with Crippen LogP contribution in [0.15, 0.2) is 24.4 Å². The Hall–Kier alpha value is -2.74. The Bertz CT molecular complexity index is 859. The molecule has 124 valence electrons. The standard InChI is InChI=1S/C16H17FN6O/c17-11-8-10(12-2-3-19-22-12)9-13-14(11)15(21-16(18)20-13)23-4-1-6-24-7-5-23/h2-3,8-9H,1,4-7H2,(H,19,22)(H2,18,20,21). The molecule has 4 rings (SSSR count). The van der Waals surface area contributed by atoms with E-state index in [0.717, 1.165) is 13.0 Å². The molecule has 0 bridgehead atoms. The zero-order valence-electron chi connectivity index (χ0n) is 13.0. The Morgan fingerprint density at radius 2 is 2.12 bits per heavy atom. The summed E-state index contributed by atoms with van der Waals surface area (Å²) in [4.78, 5) is 10.5. The smallest absolute Gasteiger partial charge is 0.222 e. The van der Waals surface area contributed by atoms with E-state index in [0.29, 0.717) is 47.7 Å². The van der Waals surface area contributed by atoms with E-state index in [9.17, 15) is 4.39 Å². The molecular weight excluding hydrogens is 311 g/mol. The topological polar surface area (TPSA) is 92.9 Å². The molecule has 3 aromatic rings. The maximum Gasteiger partial charge on any atom is 0.222 e. The summed E-state index contributed by atoms with van der Waals surface area (Å²) in [6, 6.07) is 5.01. The number of nitrogens with zero attached hydrogens (tertiary/aromatic N) is 4. The summed E-state index contributed by atoms with van der Waals surface area (Å²) < 4.78 is 20.3. The molecule has 0 spiro atoms. The lowest BCUT2D eigenvalue weighted by Gasteiger charge is -2.22. The van der Waals surface area contributed by atoms with Crippen molar-refractivity contribution in [2.75, 3.05) is 36.9 Å². The van der Waals surface area contributed by atoms with Gasteiger partial charge in [-0.25, -0.2) is 9.37 Å². The first-order chi connectivity index (χ1) is 11.7. The highest BCUT2D eigenvalue weighted by Crippen LogP contribution is 2.31. The van der Waals surface area contributed by atoms with Gasteiger partial charge in [0.15, 0.2) is 0 Å². The molecule has 0 unspecified atom stereocenters. The lowest BCUT2D eigenvalue weighted by molar-refractivity contribution is 0.152. The molecule has 3 N–H and O–H groups in total. The van der Waals surface area contributed by atoms with Crippen molar-refractivity contribution in [3.63, 3.8) is 0 Å². The van der Waals surface area contributed by atoms with E-state index >= 15 is 0 Å². The summed E-state index contributed by atoms with van der Waals surface area (Å²) in [5, 5.41) is 7.19. The number of H-pyrrole nitrogens is 1. The molecule has 1 aliphatic rings. The largest absolute Gasteiger partial charge is 0.380 e. The van der Waals surface area contributed by atoms with Crippen LogP contribution in [0.1, 0.15) is 6.42 Å². The highest BCUT2D eigenvalue weighted by atomic mass is 19.1. The zero-order chi connectivity index (χ0) is 16.5. The fourth-order valence-electron chi connectivity index (χ4n) is 2.97. The van der Waals surface area contributed by atoms with Crippen molar-refractivity contribution < 1.29 is 9.13 Å². The van der Waals surface area contributed by atoms with Gasteiger partial charge in [0.1, 0.15) is 11.6 Å². The minimum atomic E-state index is -0.384. The van der Waals surface area contributed by atoms with Crippen LogP contribution in [0.25, 0.3) is 22.2 Å². The van der Waals surface area contributed by atoms with E-state index in [2.05, 4.69) is 20.2 Å². The predicted octanol–water partition coefficient (Wildman–Crippen LogP) is 1.97. The molecule has 1 aliphatic heterocycles. The van der Waals surface area contributed by atoms with Crippen molar-refractivity contribution in [1.82, 2.24) is 20.2 Å². The summed E-state index contributed by atoms with van der Waals surface area (Å²) in [6.07, 6.45) is 2.55. The summed E-state index contributed by atoms with van der Waals surface area (Å²) in [6.45, 7) is 2.66. The van der Waals surface area contributed by atoms with Crippen LogP contribution in [0.5, 0.6) is 0 Å². The molecule has 1 fully saturated rings. The molecule has 0 radical (unpaired) electrons. The molecule has 3 heterocycles. The van der Waals surface area contributed by atoms with Crippen molar-refractivity contribution in [3.8, 4) is 11.3 Å². The van der Waals surface area contributed by atoms with E-state index in [1.807, 2.05) is 4.90 Å². The third-order valence-corrected chi connectivity index (χ3v) is 4.07. The second-order valence-corrected chi connectivity index (χ2v) is 5.67. The maximum absolute atomic E-state index is 14.9. The molecule has 2 aromatic heterocycles. The number of nitrogen functional groups attached to an aromatic ring is 1. The fourth-order valence-corrected chi connectivity index (χ4v) is 2.97. The molecule has 0 atom stereocenters. The van der Waals surface area contributed by atoms with Crippen LogP contribution in [-0.4, -0.2) is 46.5 Å². The second-order valence-electron chi connectivity index (χ2n) is 5.67. The Labute approximate surface area is 137 Å². The minimum absolute atomic E-state index is 0.126. The van der Waals surface area contributed by atoms with Gasteiger partial charge in [0, 0.05) is 31.5 Å². The van der Waals surface area contributed by atoms with Crippen molar-refractivity contribution in [3.05, 3.63) is 30.2 Å². The molecule has 0 saturated carbocycles. The molecule has 0 amide bonds. The van der Waals surface area contributed by atoms with E-state index < -0.39 is 0 Å². The van der Waals surface area contributed by atoms with Gasteiger partial charge in [-0.3, -0.25) is 5.10 Å². The molecule has 24 heavy (non-hydrogen) atoms. The van der Waals surface area contributed by atoms with Gasteiger partial charge in [0.05, 0.1) is 23.2 Å². The van der Waals surface area contributed by atoms with Crippen molar-refractivity contribution in [1.29, 1.82) is 0 Å². The predicted molar refractivity (Wildman–Crippen MR) is 89.1 cm³/mol. The highest BCUT2D eigenvalue weighted by Gasteiger charge is 2.20. The number of hydrogen-bond donors (Lipinski definition) is 2. The molecule has 1 aromatic carbocycles. The zero-order valence-corrected chi connectivity index (χ0v) is 13.0. The van der Waals surface area contributed by atoms with Gasteiger partial charge in [0.2, 0.25) is 5.95 Å². The van der Waals surface area contributed by atoms with E-state index in [-0.39, 0.29) is 11.8 Å². The summed E-state index contributed by atoms with van der Waals surface area (Å²) >= 11 is 0. The lowest BCUT2D eigenvalue weighted by Crippen LogP contribution is -2.27. The van der Waals surface area contributed by atoms with Gasteiger partial charge < -0.3 is 15.4 Å². The summed E-state index contributed by atoms with van der Waals surface area (Å²) in [5.41, 5.74) is 7.63. The number of benzene rings is 1. The van der Waals surface area contributed by atoms with Crippen molar-refractivity contribution in [2.24, 2.45) is 0 Å². The van der Waals surface area contributed by atoms with E-state index in [4.69, 9.17) is 10.5 Å². The number of rotatable bonds is 2. The molecule has 0 aliphatic carbocycles. The lowest BCUT2D eigenvalue weighted by atomic mass is 10.1. The monoisotopic (exact) mass is 328 g/mol. The number of fused-ring (bicyclic) bond motifs is 1. The van der Waals surface area contributed by atoms with Gasteiger partial charge in [0.25, 0.3) is 0 Å². The molecular formula is C16H17FN6O. The van der Waals surface area contributed by atoms with Gasteiger partial charge in [-0.1, -0.05) is 0 Å². The Morgan fingerprint density at radius 1 is 1.21 bits per heavy atom. The Balaban J connectivity index is 1.88. The van der Waals surface area contributed by atoms with Gasteiger partial charge >= 0.3 is 0 Å². The summed E-state index contributed by atoms with van der Waals surface area (Å²) in [5.74, 6) is 0.265.